The first kappa shape index (κ1) is 17.5. The van der Waals surface area contributed by atoms with E-state index in [0.29, 0.717) is 29.3 Å². The van der Waals surface area contributed by atoms with Crippen molar-refractivity contribution >= 4 is 34.3 Å². The fraction of sp³-hybridized carbons (Fsp3) is 0.619. The number of carbonyl (C=O) groups excluding carboxylic acids is 2. The minimum Gasteiger partial charge on any atom is -0.426 e. The largest absolute Gasteiger partial charge is 0.426 e. The number of aryl methyl sites for hydroxylation is 1. The van der Waals surface area contributed by atoms with Crippen molar-refractivity contribution in [3.63, 3.8) is 0 Å². The number of hydrogen-bond donors (Lipinski definition) is 0. The summed E-state index contributed by atoms with van der Waals surface area (Å²) in [6, 6.07) is 4.31. The maximum atomic E-state index is 12.6. The third-order valence-corrected chi connectivity index (χ3v) is 7.82. The second-order valence-corrected chi connectivity index (χ2v) is 9.42. The predicted molar refractivity (Wildman–Crippen MR) is 105 cm³/mol. The molecule has 2 fully saturated rings. The van der Waals surface area contributed by atoms with E-state index in [1.165, 1.54) is 24.5 Å². The van der Waals surface area contributed by atoms with Gasteiger partial charge in [-0.15, -0.1) is 0 Å². The molecule has 4 heteroatoms. The first-order valence-electron chi connectivity index (χ1n) is 9.44. The van der Waals surface area contributed by atoms with Crippen molar-refractivity contribution in [3.05, 3.63) is 26.8 Å². The molecule has 0 amide bonds. The molecule has 4 atom stereocenters. The van der Waals surface area contributed by atoms with E-state index < -0.39 is 0 Å². The number of benzene rings is 1. The molecule has 0 spiro atoms. The van der Waals surface area contributed by atoms with Gasteiger partial charge in [0.1, 0.15) is 11.5 Å². The van der Waals surface area contributed by atoms with Crippen LogP contribution >= 0.6 is 22.6 Å². The molecule has 3 aliphatic rings. The number of ketones is 1. The second-order valence-electron chi connectivity index (χ2n) is 8.26. The minimum absolute atomic E-state index is 0.0816. The van der Waals surface area contributed by atoms with Crippen LogP contribution in [0.25, 0.3) is 0 Å². The molecule has 25 heavy (non-hydrogen) atoms. The Morgan fingerprint density at radius 1 is 1.24 bits per heavy atom. The smallest absolute Gasteiger partial charge is 0.308 e. The number of hydrogen-bond acceptors (Lipinski definition) is 3. The predicted octanol–water partition coefficient (Wildman–Crippen LogP) is 5.03. The molecule has 0 bridgehead atoms. The molecule has 0 unspecified atom stereocenters. The first-order chi connectivity index (χ1) is 11.9. The first-order valence-corrected chi connectivity index (χ1v) is 10.5. The summed E-state index contributed by atoms with van der Waals surface area (Å²) in [4.78, 5) is 23.9. The van der Waals surface area contributed by atoms with Gasteiger partial charge in [-0.1, -0.05) is 6.92 Å². The van der Waals surface area contributed by atoms with Crippen molar-refractivity contribution in [2.45, 2.75) is 64.7 Å². The number of halogens is 1. The number of fused-ring (bicyclic) bond motifs is 5. The number of rotatable bonds is 1. The van der Waals surface area contributed by atoms with E-state index >= 15 is 0 Å². The number of esters is 1. The van der Waals surface area contributed by atoms with Crippen molar-refractivity contribution in [3.8, 4) is 5.75 Å². The van der Waals surface area contributed by atoms with Gasteiger partial charge in [0.15, 0.2) is 0 Å². The van der Waals surface area contributed by atoms with Crippen LogP contribution < -0.4 is 4.74 Å². The Bertz CT molecular complexity index is 741. The van der Waals surface area contributed by atoms with E-state index in [1.54, 1.807) is 0 Å². The molecule has 0 saturated heterocycles. The molecule has 0 N–H and O–H groups in total. The third-order valence-electron chi connectivity index (χ3n) is 6.98. The van der Waals surface area contributed by atoms with E-state index in [0.717, 1.165) is 42.1 Å². The lowest BCUT2D eigenvalue weighted by Gasteiger charge is -2.53. The average molecular weight is 452 g/mol. The number of Topliss-reactive ketones (excluding diaryl/α,β-unsaturated/α-hetero) is 1. The van der Waals surface area contributed by atoms with Gasteiger partial charge in [0.05, 0.1) is 3.57 Å². The Labute approximate surface area is 163 Å². The lowest BCUT2D eigenvalue weighted by molar-refractivity contribution is -0.140. The SMILES string of the molecule is CC(=O)Oc1cc2c(cc1I)[C@H]1CC[C@]3(C)C(=O)CCC[C@H]3[C@@H]1CC2. The van der Waals surface area contributed by atoms with Crippen LogP contribution in [0.15, 0.2) is 12.1 Å². The molecule has 3 aliphatic carbocycles. The molecule has 1 aromatic carbocycles. The highest BCUT2D eigenvalue weighted by molar-refractivity contribution is 14.1. The van der Waals surface area contributed by atoms with Gasteiger partial charge in [0.2, 0.25) is 0 Å². The van der Waals surface area contributed by atoms with Crippen LogP contribution in [0.5, 0.6) is 5.75 Å². The zero-order valence-corrected chi connectivity index (χ0v) is 17.1. The summed E-state index contributed by atoms with van der Waals surface area (Å²) in [6.45, 7) is 3.69. The molecule has 134 valence electrons. The topological polar surface area (TPSA) is 43.4 Å². The molecule has 2 saturated carbocycles. The molecule has 0 heterocycles. The number of carbonyl (C=O) groups is 2. The van der Waals surface area contributed by atoms with Crippen molar-refractivity contribution in [2.24, 2.45) is 17.3 Å². The Balaban J connectivity index is 1.68. The lowest BCUT2D eigenvalue weighted by atomic mass is 9.50. The van der Waals surface area contributed by atoms with Crippen molar-refractivity contribution < 1.29 is 14.3 Å². The van der Waals surface area contributed by atoms with Gasteiger partial charge < -0.3 is 4.74 Å². The molecule has 0 radical (unpaired) electrons. The zero-order valence-electron chi connectivity index (χ0n) is 14.9. The fourth-order valence-electron chi connectivity index (χ4n) is 5.77. The van der Waals surface area contributed by atoms with Gasteiger partial charge >= 0.3 is 5.97 Å². The summed E-state index contributed by atoms with van der Waals surface area (Å²) in [5, 5.41) is 0. The summed E-state index contributed by atoms with van der Waals surface area (Å²) < 4.78 is 6.39. The van der Waals surface area contributed by atoms with Crippen LogP contribution in [0.4, 0.5) is 0 Å². The van der Waals surface area contributed by atoms with Gasteiger partial charge in [-0.05, 0) is 102 Å². The normalized spacial score (nSPS) is 33.9. The summed E-state index contributed by atoms with van der Waals surface area (Å²) in [7, 11) is 0. The maximum absolute atomic E-state index is 12.6. The average Bonchev–Trinajstić information content (AvgIpc) is 2.56. The standard InChI is InChI=1S/C21H25IO3/c1-12(23)25-19-10-13-6-7-15-14(16(13)11-18(19)22)8-9-21(2)17(15)4-3-5-20(21)24/h10-11,14-15,17H,3-9H2,1-2H3/t14-,15+,17-,21-/m0/s1. The van der Waals surface area contributed by atoms with Crippen LogP contribution in [0.3, 0.4) is 0 Å². The summed E-state index contributed by atoms with van der Waals surface area (Å²) in [5.41, 5.74) is 2.70. The molecule has 0 aliphatic heterocycles. The van der Waals surface area contributed by atoms with Gasteiger partial charge in [0, 0.05) is 18.8 Å². The van der Waals surface area contributed by atoms with Crippen molar-refractivity contribution in [2.75, 3.05) is 0 Å². The summed E-state index contributed by atoms with van der Waals surface area (Å²) >= 11 is 2.28. The van der Waals surface area contributed by atoms with Crippen molar-refractivity contribution in [1.82, 2.24) is 0 Å². The maximum Gasteiger partial charge on any atom is 0.308 e. The van der Waals surface area contributed by atoms with E-state index in [4.69, 9.17) is 4.74 Å². The quantitative estimate of drug-likeness (QED) is 0.341. The van der Waals surface area contributed by atoms with Gasteiger partial charge in [0.25, 0.3) is 0 Å². The molecule has 3 nitrogen and oxygen atoms in total. The van der Waals surface area contributed by atoms with Gasteiger partial charge in [-0.3, -0.25) is 9.59 Å². The summed E-state index contributed by atoms with van der Waals surface area (Å²) in [6.07, 6.45) is 7.39. The molecule has 0 aromatic heterocycles. The Morgan fingerprint density at radius 2 is 2.04 bits per heavy atom. The fourth-order valence-corrected chi connectivity index (χ4v) is 6.37. The number of ether oxygens (including phenoxy) is 1. The Morgan fingerprint density at radius 3 is 2.80 bits per heavy atom. The Hall–Kier alpha value is -0.910. The molecular formula is C21H25IO3. The molecular weight excluding hydrogens is 427 g/mol. The monoisotopic (exact) mass is 452 g/mol. The van der Waals surface area contributed by atoms with Crippen LogP contribution in [-0.2, 0) is 16.0 Å². The molecule has 4 rings (SSSR count). The zero-order chi connectivity index (χ0) is 17.8. The van der Waals surface area contributed by atoms with Crippen LogP contribution in [-0.4, -0.2) is 11.8 Å². The van der Waals surface area contributed by atoms with E-state index in [-0.39, 0.29) is 11.4 Å². The van der Waals surface area contributed by atoms with Crippen molar-refractivity contribution in [1.29, 1.82) is 0 Å². The van der Waals surface area contributed by atoms with E-state index in [1.807, 2.05) is 0 Å². The summed E-state index contributed by atoms with van der Waals surface area (Å²) in [5.74, 6) is 2.68. The van der Waals surface area contributed by atoms with Crippen LogP contribution in [0, 0.1) is 20.8 Å². The van der Waals surface area contributed by atoms with Crippen LogP contribution in [0.1, 0.15) is 69.4 Å². The van der Waals surface area contributed by atoms with Gasteiger partial charge in [-0.25, -0.2) is 0 Å². The third kappa shape index (κ3) is 2.84. The van der Waals surface area contributed by atoms with Crippen LogP contribution in [0.2, 0.25) is 0 Å². The Kier molecular flexibility index (Phi) is 4.45. The second kappa shape index (κ2) is 6.36. The van der Waals surface area contributed by atoms with E-state index in [9.17, 15) is 9.59 Å². The highest BCUT2D eigenvalue weighted by Crippen LogP contribution is 2.58. The molecule has 1 aromatic rings. The minimum atomic E-state index is -0.263. The highest BCUT2D eigenvalue weighted by Gasteiger charge is 2.52. The highest BCUT2D eigenvalue weighted by atomic mass is 127. The lowest BCUT2D eigenvalue weighted by Crippen LogP contribution is -2.49. The van der Waals surface area contributed by atoms with E-state index in [2.05, 4.69) is 41.6 Å². The van der Waals surface area contributed by atoms with Gasteiger partial charge in [-0.2, -0.15) is 0 Å².